The molecule has 6 heteroatoms. The van der Waals surface area contributed by atoms with E-state index in [-0.39, 0.29) is 11.9 Å². The quantitative estimate of drug-likeness (QED) is 0.796. The fourth-order valence-electron chi connectivity index (χ4n) is 3.97. The standard InChI is InChI=1S/C22H33N5O/c1-5-18(6-2)15-26-12-11-20-24-25-21(27(20)14-13-26)17(4)23-22(28)19-10-8-7-9-16(19)3/h7-10,17-18H,5-6,11-15H2,1-4H3,(H,23,28)/t17-/m1/s1. The molecule has 1 atom stereocenters. The lowest BCUT2D eigenvalue weighted by atomic mass is 10.0. The molecule has 0 fully saturated rings. The number of rotatable bonds is 7. The van der Waals surface area contributed by atoms with Gasteiger partial charge in [-0.05, 0) is 31.4 Å². The third-order valence-electron chi connectivity index (χ3n) is 5.94. The fraction of sp³-hybridized carbons (Fsp3) is 0.591. The van der Waals surface area contributed by atoms with Gasteiger partial charge in [-0.2, -0.15) is 0 Å². The average Bonchev–Trinajstić information content (AvgIpc) is 3.00. The summed E-state index contributed by atoms with van der Waals surface area (Å²) in [7, 11) is 0. The number of hydrogen-bond acceptors (Lipinski definition) is 4. The zero-order valence-corrected chi connectivity index (χ0v) is 17.6. The molecule has 0 radical (unpaired) electrons. The molecular formula is C22H33N5O. The summed E-state index contributed by atoms with van der Waals surface area (Å²) < 4.78 is 2.20. The average molecular weight is 384 g/mol. The van der Waals surface area contributed by atoms with Crippen molar-refractivity contribution >= 4 is 5.91 Å². The van der Waals surface area contributed by atoms with Crippen molar-refractivity contribution in [3.63, 3.8) is 0 Å². The smallest absolute Gasteiger partial charge is 0.252 e. The predicted octanol–water partition coefficient (Wildman–Crippen LogP) is 3.37. The van der Waals surface area contributed by atoms with Crippen LogP contribution in [0.1, 0.15) is 67.2 Å². The van der Waals surface area contributed by atoms with E-state index in [4.69, 9.17) is 0 Å². The van der Waals surface area contributed by atoms with E-state index >= 15 is 0 Å². The lowest BCUT2D eigenvalue weighted by molar-refractivity contribution is 0.0937. The summed E-state index contributed by atoms with van der Waals surface area (Å²) in [6.07, 6.45) is 3.37. The van der Waals surface area contributed by atoms with Crippen molar-refractivity contribution < 1.29 is 4.79 Å². The van der Waals surface area contributed by atoms with Crippen molar-refractivity contribution in [2.75, 3.05) is 19.6 Å². The van der Waals surface area contributed by atoms with E-state index in [0.29, 0.717) is 5.56 Å². The second-order valence-corrected chi connectivity index (χ2v) is 7.87. The number of benzene rings is 1. The van der Waals surface area contributed by atoms with E-state index in [1.807, 2.05) is 38.1 Å². The summed E-state index contributed by atoms with van der Waals surface area (Å²) in [6, 6.07) is 7.47. The minimum Gasteiger partial charge on any atom is -0.342 e. The van der Waals surface area contributed by atoms with Gasteiger partial charge >= 0.3 is 0 Å². The van der Waals surface area contributed by atoms with Crippen LogP contribution in [0, 0.1) is 12.8 Å². The molecule has 152 valence electrons. The number of fused-ring (bicyclic) bond motifs is 1. The fourth-order valence-corrected chi connectivity index (χ4v) is 3.97. The minimum absolute atomic E-state index is 0.0630. The Balaban J connectivity index is 1.67. The Bertz CT molecular complexity index is 796. The van der Waals surface area contributed by atoms with Crippen LogP contribution in [0.15, 0.2) is 24.3 Å². The molecule has 1 aromatic heterocycles. The maximum atomic E-state index is 12.7. The number of aryl methyl sites for hydroxylation is 1. The molecule has 0 spiro atoms. The van der Waals surface area contributed by atoms with Gasteiger partial charge in [-0.3, -0.25) is 4.79 Å². The van der Waals surface area contributed by atoms with Crippen molar-refractivity contribution in [2.24, 2.45) is 5.92 Å². The highest BCUT2D eigenvalue weighted by molar-refractivity contribution is 5.95. The van der Waals surface area contributed by atoms with Gasteiger partial charge in [0, 0.05) is 38.2 Å². The highest BCUT2D eigenvalue weighted by Crippen LogP contribution is 2.18. The van der Waals surface area contributed by atoms with E-state index in [1.54, 1.807) is 0 Å². The van der Waals surface area contributed by atoms with Crippen LogP contribution in [0.2, 0.25) is 0 Å². The predicted molar refractivity (Wildman–Crippen MR) is 111 cm³/mol. The molecule has 0 saturated carbocycles. The Morgan fingerprint density at radius 3 is 2.61 bits per heavy atom. The van der Waals surface area contributed by atoms with Crippen molar-refractivity contribution in [1.82, 2.24) is 25.0 Å². The molecule has 3 rings (SSSR count). The first-order valence-corrected chi connectivity index (χ1v) is 10.5. The topological polar surface area (TPSA) is 63.1 Å². The first-order valence-electron chi connectivity index (χ1n) is 10.5. The molecule has 1 aromatic carbocycles. The highest BCUT2D eigenvalue weighted by atomic mass is 16.1. The van der Waals surface area contributed by atoms with Gasteiger partial charge in [0.1, 0.15) is 5.82 Å². The molecule has 6 nitrogen and oxygen atoms in total. The monoisotopic (exact) mass is 383 g/mol. The lowest BCUT2D eigenvalue weighted by Gasteiger charge is -2.24. The number of nitrogens with one attached hydrogen (secondary N) is 1. The molecule has 2 aromatic rings. The zero-order valence-electron chi connectivity index (χ0n) is 17.6. The molecule has 0 aliphatic carbocycles. The Labute approximate surface area is 168 Å². The molecule has 1 N–H and O–H groups in total. The largest absolute Gasteiger partial charge is 0.342 e. The van der Waals surface area contributed by atoms with Crippen LogP contribution in [0.25, 0.3) is 0 Å². The van der Waals surface area contributed by atoms with Gasteiger partial charge in [-0.15, -0.1) is 10.2 Å². The summed E-state index contributed by atoms with van der Waals surface area (Å²) in [4.78, 5) is 15.2. The van der Waals surface area contributed by atoms with Crippen molar-refractivity contribution in [3.05, 3.63) is 47.0 Å². The van der Waals surface area contributed by atoms with Crippen LogP contribution >= 0.6 is 0 Å². The van der Waals surface area contributed by atoms with E-state index < -0.39 is 0 Å². The van der Waals surface area contributed by atoms with Crippen LogP contribution in [-0.2, 0) is 13.0 Å². The Morgan fingerprint density at radius 2 is 1.89 bits per heavy atom. The van der Waals surface area contributed by atoms with Crippen LogP contribution < -0.4 is 5.32 Å². The third kappa shape index (κ3) is 4.61. The molecule has 0 saturated heterocycles. The lowest BCUT2D eigenvalue weighted by Crippen LogP contribution is -2.33. The van der Waals surface area contributed by atoms with Gasteiger partial charge < -0.3 is 14.8 Å². The molecule has 1 aliphatic rings. The molecule has 1 amide bonds. The third-order valence-corrected chi connectivity index (χ3v) is 5.94. The van der Waals surface area contributed by atoms with Crippen molar-refractivity contribution in [2.45, 2.75) is 59.5 Å². The Morgan fingerprint density at radius 1 is 1.14 bits per heavy atom. The van der Waals surface area contributed by atoms with E-state index in [0.717, 1.165) is 55.7 Å². The second-order valence-electron chi connectivity index (χ2n) is 7.87. The summed E-state index contributed by atoms with van der Waals surface area (Å²) >= 11 is 0. The summed E-state index contributed by atoms with van der Waals surface area (Å²) in [5.41, 5.74) is 1.69. The molecular weight excluding hydrogens is 350 g/mol. The van der Waals surface area contributed by atoms with Gasteiger partial charge in [0.25, 0.3) is 5.91 Å². The first-order chi connectivity index (χ1) is 13.5. The molecule has 2 heterocycles. The number of nitrogens with zero attached hydrogens (tertiary/aromatic N) is 4. The van der Waals surface area contributed by atoms with Gasteiger partial charge in [0.15, 0.2) is 5.82 Å². The number of hydrogen-bond donors (Lipinski definition) is 1. The maximum absolute atomic E-state index is 12.7. The second kappa shape index (κ2) is 9.32. The Hall–Kier alpha value is -2.21. The van der Waals surface area contributed by atoms with Crippen molar-refractivity contribution in [1.29, 1.82) is 0 Å². The molecule has 0 unspecified atom stereocenters. The summed E-state index contributed by atoms with van der Waals surface area (Å²) in [5.74, 6) is 2.57. The van der Waals surface area contributed by atoms with E-state index in [1.165, 1.54) is 12.8 Å². The molecule has 0 bridgehead atoms. The van der Waals surface area contributed by atoms with Gasteiger partial charge in [-0.1, -0.05) is 44.9 Å². The molecule has 1 aliphatic heterocycles. The number of aromatic nitrogens is 3. The zero-order chi connectivity index (χ0) is 20.1. The van der Waals surface area contributed by atoms with Crippen molar-refractivity contribution in [3.8, 4) is 0 Å². The minimum atomic E-state index is -0.182. The first kappa shape index (κ1) is 20.5. The maximum Gasteiger partial charge on any atom is 0.252 e. The SMILES string of the molecule is CCC(CC)CN1CCc2nnc([C@@H](C)NC(=O)c3ccccc3C)n2CC1. The van der Waals surface area contributed by atoms with Gasteiger partial charge in [0.05, 0.1) is 6.04 Å². The highest BCUT2D eigenvalue weighted by Gasteiger charge is 2.24. The van der Waals surface area contributed by atoms with Gasteiger partial charge in [-0.25, -0.2) is 0 Å². The summed E-state index contributed by atoms with van der Waals surface area (Å²) in [6.45, 7) is 12.6. The van der Waals surface area contributed by atoms with E-state index in [9.17, 15) is 4.79 Å². The number of amides is 1. The normalized spacial score (nSPS) is 15.9. The van der Waals surface area contributed by atoms with E-state index in [2.05, 4.69) is 38.8 Å². The van der Waals surface area contributed by atoms with Gasteiger partial charge in [0.2, 0.25) is 0 Å². The molecule has 28 heavy (non-hydrogen) atoms. The number of carbonyl (C=O) groups excluding carboxylic acids is 1. The summed E-state index contributed by atoms with van der Waals surface area (Å²) in [5, 5.41) is 11.9. The number of carbonyl (C=O) groups is 1. The van der Waals surface area contributed by atoms with Crippen LogP contribution in [0.5, 0.6) is 0 Å². The Kier molecular flexibility index (Phi) is 6.83. The van der Waals surface area contributed by atoms with Crippen LogP contribution in [-0.4, -0.2) is 45.2 Å². The van der Waals surface area contributed by atoms with Crippen LogP contribution in [0.4, 0.5) is 0 Å². The van der Waals surface area contributed by atoms with Crippen LogP contribution in [0.3, 0.4) is 0 Å².